The highest BCUT2D eigenvalue weighted by molar-refractivity contribution is 5.04. The van der Waals surface area contributed by atoms with Crippen LogP contribution in [0.2, 0.25) is 0 Å². The third-order valence-electron chi connectivity index (χ3n) is 2.65. The highest BCUT2D eigenvalue weighted by atomic mass is 16.5. The first kappa shape index (κ1) is 14.2. The Morgan fingerprint density at radius 1 is 1.59 bits per heavy atom. The van der Waals surface area contributed by atoms with Gasteiger partial charge in [-0.1, -0.05) is 12.1 Å². The first-order chi connectivity index (χ1) is 8.15. The Balaban J connectivity index is 2.29. The first-order valence-corrected chi connectivity index (χ1v) is 6.01. The van der Waals surface area contributed by atoms with Gasteiger partial charge in [0.15, 0.2) is 5.76 Å². The second-order valence-electron chi connectivity index (χ2n) is 4.35. The van der Waals surface area contributed by atoms with Crippen molar-refractivity contribution >= 4 is 0 Å². The minimum Gasteiger partial charge on any atom is -0.377 e. The van der Waals surface area contributed by atoms with Gasteiger partial charge in [-0.3, -0.25) is 0 Å². The van der Waals surface area contributed by atoms with Crippen LogP contribution in [0.3, 0.4) is 0 Å². The monoisotopic (exact) mass is 241 g/mol. The maximum Gasteiger partial charge on any atom is 0.162 e. The van der Waals surface area contributed by atoms with Crippen molar-refractivity contribution in [2.45, 2.75) is 33.0 Å². The summed E-state index contributed by atoms with van der Waals surface area (Å²) in [5.74, 6) is 0.766. The second kappa shape index (κ2) is 7.42. The fraction of sp³-hybridized carbons (Fsp3) is 0.750. The van der Waals surface area contributed by atoms with Crippen LogP contribution in [0.25, 0.3) is 0 Å². The molecular weight excluding hydrogens is 218 g/mol. The molecule has 17 heavy (non-hydrogen) atoms. The van der Waals surface area contributed by atoms with Gasteiger partial charge in [0.2, 0.25) is 0 Å². The van der Waals surface area contributed by atoms with E-state index in [9.17, 15) is 0 Å². The molecule has 1 aromatic rings. The highest BCUT2D eigenvalue weighted by Gasteiger charge is 2.07. The normalized spacial score (nSPS) is 13.2. The van der Waals surface area contributed by atoms with Gasteiger partial charge < -0.3 is 19.5 Å². The molecule has 1 unspecified atom stereocenters. The number of methoxy groups -OCH3 is 1. The summed E-state index contributed by atoms with van der Waals surface area (Å²) in [5, 5.41) is 7.39. The molecule has 0 bridgehead atoms. The fourth-order valence-corrected chi connectivity index (χ4v) is 1.59. The van der Waals surface area contributed by atoms with Crippen LogP contribution in [0.1, 0.15) is 25.3 Å². The molecule has 98 valence electrons. The number of nitrogens with one attached hydrogen (secondary N) is 1. The molecule has 0 aliphatic carbocycles. The van der Waals surface area contributed by atoms with Crippen molar-refractivity contribution in [2.24, 2.45) is 0 Å². The summed E-state index contributed by atoms with van der Waals surface area (Å²) in [6.45, 7) is 7.62. The summed E-state index contributed by atoms with van der Waals surface area (Å²) < 4.78 is 10.1. The highest BCUT2D eigenvalue weighted by Crippen LogP contribution is 2.04. The van der Waals surface area contributed by atoms with E-state index in [0.717, 1.165) is 31.1 Å². The number of nitrogens with zero attached hydrogens (tertiary/aromatic N) is 2. The zero-order valence-corrected chi connectivity index (χ0v) is 11.2. The Morgan fingerprint density at radius 2 is 2.35 bits per heavy atom. The maximum absolute atomic E-state index is 5.11. The SMILES string of the molecule is CCN(C)CC(C)NCc1cc(COC)on1. The molecule has 1 rings (SSSR count). The van der Waals surface area contributed by atoms with Crippen molar-refractivity contribution in [1.29, 1.82) is 0 Å². The molecule has 0 fully saturated rings. The number of rotatable bonds is 8. The summed E-state index contributed by atoms with van der Waals surface area (Å²) in [6.07, 6.45) is 0. The van der Waals surface area contributed by atoms with E-state index < -0.39 is 0 Å². The van der Waals surface area contributed by atoms with Crippen molar-refractivity contribution in [3.8, 4) is 0 Å². The fourth-order valence-electron chi connectivity index (χ4n) is 1.59. The number of hydrogen-bond acceptors (Lipinski definition) is 5. The minimum absolute atomic E-state index is 0.433. The van der Waals surface area contributed by atoms with Gasteiger partial charge in [0.1, 0.15) is 6.61 Å². The topological polar surface area (TPSA) is 50.5 Å². The summed E-state index contributed by atoms with van der Waals surface area (Å²) in [4.78, 5) is 2.27. The average molecular weight is 241 g/mol. The third-order valence-corrected chi connectivity index (χ3v) is 2.65. The number of ether oxygens (including phenoxy) is 1. The van der Waals surface area contributed by atoms with E-state index in [1.54, 1.807) is 7.11 Å². The summed E-state index contributed by atoms with van der Waals surface area (Å²) >= 11 is 0. The molecule has 0 saturated carbocycles. The van der Waals surface area contributed by atoms with Crippen molar-refractivity contribution in [3.05, 3.63) is 17.5 Å². The number of aromatic nitrogens is 1. The average Bonchev–Trinajstić information content (AvgIpc) is 2.74. The van der Waals surface area contributed by atoms with Crippen LogP contribution in [0.5, 0.6) is 0 Å². The van der Waals surface area contributed by atoms with Crippen molar-refractivity contribution in [1.82, 2.24) is 15.4 Å². The van der Waals surface area contributed by atoms with E-state index in [-0.39, 0.29) is 0 Å². The molecule has 1 aromatic heterocycles. The number of hydrogen-bond donors (Lipinski definition) is 1. The lowest BCUT2D eigenvalue weighted by Crippen LogP contribution is -2.36. The molecule has 1 atom stereocenters. The van der Waals surface area contributed by atoms with E-state index in [1.807, 2.05) is 6.07 Å². The van der Waals surface area contributed by atoms with Crippen molar-refractivity contribution < 1.29 is 9.26 Å². The molecule has 0 aromatic carbocycles. The van der Waals surface area contributed by atoms with Gasteiger partial charge in [-0.2, -0.15) is 0 Å². The lowest BCUT2D eigenvalue weighted by atomic mass is 10.3. The van der Waals surface area contributed by atoms with Gasteiger partial charge in [0.25, 0.3) is 0 Å². The molecule has 1 heterocycles. The Hall–Kier alpha value is -0.910. The Morgan fingerprint density at radius 3 is 3.00 bits per heavy atom. The number of likely N-dealkylation sites (N-methyl/N-ethyl adjacent to an activating group) is 1. The van der Waals surface area contributed by atoms with Gasteiger partial charge >= 0.3 is 0 Å². The van der Waals surface area contributed by atoms with E-state index in [4.69, 9.17) is 9.26 Å². The van der Waals surface area contributed by atoms with E-state index >= 15 is 0 Å². The molecule has 5 nitrogen and oxygen atoms in total. The van der Waals surface area contributed by atoms with E-state index in [1.165, 1.54) is 0 Å². The molecule has 0 radical (unpaired) electrons. The molecule has 5 heteroatoms. The van der Waals surface area contributed by atoms with Crippen molar-refractivity contribution in [2.75, 3.05) is 27.2 Å². The predicted molar refractivity (Wildman–Crippen MR) is 66.7 cm³/mol. The van der Waals surface area contributed by atoms with Crippen LogP contribution < -0.4 is 5.32 Å². The largest absolute Gasteiger partial charge is 0.377 e. The molecule has 0 aliphatic rings. The third kappa shape index (κ3) is 5.30. The Kier molecular flexibility index (Phi) is 6.18. The van der Waals surface area contributed by atoms with Crippen LogP contribution in [-0.4, -0.2) is 43.3 Å². The maximum atomic E-state index is 5.11. The molecule has 0 spiro atoms. The van der Waals surface area contributed by atoms with Gasteiger partial charge in [0.05, 0.1) is 5.69 Å². The van der Waals surface area contributed by atoms with Gasteiger partial charge in [-0.15, -0.1) is 0 Å². The molecule has 0 saturated heterocycles. The van der Waals surface area contributed by atoms with Gasteiger partial charge in [0, 0.05) is 32.3 Å². The lowest BCUT2D eigenvalue weighted by molar-refractivity contribution is 0.155. The molecule has 0 aliphatic heterocycles. The molecular formula is C12H23N3O2. The Labute approximate surface area is 103 Å². The van der Waals surface area contributed by atoms with Gasteiger partial charge in [-0.05, 0) is 20.5 Å². The van der Waals surface area contributed by atoms with Gasteiger partial charge in [-0.25, -0.2) is 0 Å². The van der Waals surface area contributed by atoms with Crippen LogP contribution in [-0.2, 0) is 17.9 Å². The first-order valence-electron chi connectivity index (χ1n) is 6.01. The van der Waals surface area contributed by atoms with Crippen LogP contribution >= 0.6 is 0 Å². The zero-order chi connectivity index (χ0) is 12.7. The van der Waals surface area contributed by atoms with E-state index in [2.05, 4.69) is 36.3 Å². The molecule has 1 N–H and O–H groups in total. The smallest absolute Gasteiger partial charge is 0.162 e. The van der Waals surface area contributed by atoms with Crippen LogP contribution in [0.4, 0.5) is 0 Å². The lowest BCUT2D eigenvalue weighted by Gasteiger charge is -2.20. The standard InChI is InChI=1S/C12H23N3O2/c1-5-15(3)8-10(2)13-7-11-6-12(9-16-4)17-14-11/h6,10,13H,5,7-9H2,1-4H3. The summed E-state index contributed by atoms with van der Waals surface area (Å²) in [5.41, 5.74) is 0.919. The predicted octanol–water partition coefficient (Wildman–Crippen LogP) is 1.25. The van der Waals surface area contributed by atoms with Crippen LogP contribution in [0.15, 0.2) is 10.6 Å². The van der Waals surface area contributed by atoms with Crippen LogP contribution in [0, 0.1) is 0 Å². The summed E-state index contributed by atoms with van der Waals surface area (Å²) in [6, 6.07) is 2.36. The summed E-state index contributed by atoms with van der Waals surface area (Å²) in [7, 11) is 3.76. The zero-order valence-electron chi connectivity index (χ0n) is 11.2. The second-order valence-corrected chi connectivity index (χ2v) is 4.35. The molecule has 0 amide bonds. The van der Waals surface area contributed by atoms with Crippen molar-refractivity contribution in [3.63, 3.8) is 0 Å². The Bertz CT molecular complexity index is 314. The minimum atomic E-state index is 0.433. The quantitative estimate of drug-likeness (QED) is 0.742. The van der Waals surface area contributed by atoms with E-state index in [0.29, 0.717) is 12.6 Å².